The molecular weight excluding hydrogens is 509 g/mol. The molecule has 0 unspecified atom stereocenters. The van der Waals surface area contributed by atoms with Crippen LogP contribution in [-0.4, -0.2) is 37.0 Å². The van der Waals surface area contributed by atoms with Gasteiger partial charge in [0.05, 0.1) is 22.9 Å². The number of benzene rings is 1. The van der Waals surface area contributed by atoms with E-state index in [-0.39, 0.29) is 28.2 Å². The largest absolute Gasteiger partial charge is 0.408 e. The molecule has 3 aromatic heterocycles. The van der Waals surface area contributed by atoms with Crippen LogP contribution < -0.4 is 16.2 Å². The van der Waals surface area contributed by atoms with Gasteiger partial charge in [0.25, 0.3) is 5.56 Å². The Bertz CT molecular complexity index is 1680. The monoisotopic (exact) mass is 536 g/mol. The third kappa shape index (κ3) is 4.97. The van der Waals surface area contributed by atoms with Crippen LogP contribution in [0.2, 0.25) is 0 Å². The number of nitrogens with one attached hydrogen (secondary N) is 2. The van der Waals surface area contributed by atoms with Gasteiger partial charge in [-0.2, -0.15) is 23.4 Å². The van der Waals surface area contributed by atoms with Gasteiger partial charge in [-0.05, 0) is 76.1 Å². The molecule has 39 heavy (non-hydrogen) atoms. The van der Waals surface area contributed by atoms with Crippen molar-refractivity contribution in [2.75, 3.05) is 11.9 Å². The minimum atomic E-state index is -4.67. The molecule has 0 spiro atoms. The van der Waals surface area contributed by atoms with Gasteiger partial charge in [0, 0.05) is 23.6 Å². The zero-order chi connectivity index (χ0) is 28.2. The fourth-order valence-electron chi connectivity index (χ4n) is 4.84. The van der Waals surface area contributed by atoms with Gasteiger partial charge in [0.1, 0.15) is 11.9 Å². The summed E-state index contributed by atoms with van der Waals surface area (Å²) < 4.78 is 42.3. The molecule has 0 atom stereocenters. The van der Waals surface area contributed by atoms with Gasteiger partial charge in [0.15, 0.2) is 5.65 Å². The van der Waals surface area contributed by atoms with Gasteiger partial charge in [-0.25, -0.2) is 14.3 Å². The van der Waals surface area contributed by atoms with Crippen molar-refractivity contribution in [3.63, 3.8) is 0 Å². The fraction of sp³-hybridized carbons (Fsp3) is 0.370. The molecule has 0 saturated carbocycles. The maximum Gasteiger partial charge on any atom is 0.408 e. The second-order valence-electron chi connectivity index (χ2n) is 10.7. The molecule has 0 saturated heterocycles. The Hall–Kier alpha value is -4.24. The fourth-order valence-corrected chi connectivity index (χ4v) is 4.84. The van der Waals surface area contributed by atoms with Crippen molar-refractivity contribution >= 4 is 22.7 Å². The van der Waals surface area contributed by atoms with Crippen molar-refractivity contribution in [1.82, 2.24) is 29.6 Å². The first-order chi connectivity index (χ1) is 18.3. The van der Waals surface area contributed by atoms with Crippen LogP contribution in [0, 0.1) is 11.3 Å². The van der Waals surface area contributed by atoms with E-state index in [1.807, 2.05) is 18.2 Å². The normalized spacial score (nSPS) is 15.1. The summed E-state index contributed by atoms with van der Waals surface area (Å²) in [7, 11) is 0. The highest BCUT2D eigenvalue weighted by Gasteiger charge is 2.32. The predicted octanol–water partition coefficient (Wildman–Crippen LogP) is 4.47. The molecule has 4 heterocycles. The van der Waals surface area contributed by atoms with Gasteiger partial charge in [-0.3, -0.25) is 9.78 Å². The van der Waals surface area contributed by atoms with Crippen LogP contribution in [0.25, 0.3) is 16.7 Å². The van der Waals surface area contributed by atoms with E-state index >= 15 is 0 Å². The Morgan fingerprint density at radius 1 is 1.18 bits per heavy atom. The average Bonchev–Trinajstić information content (AvgIpc) is 3.13. The molecule has 0 amide bonds. The minimum absolute atomic E-state index is 0.00282. The molecule has 9 nitrogen and oxygen atoms in total. The standard InChI is InChI=1S/C27H27F3N8O/c1-25(2,14-31)21-12-18(8-9-32-21)38-22-19(23(39)37(38)15-27(28,29)30)13-33-24(36-22)35-17-5-6-20-16(11-17)7-10-34-26(20,3)4/h5-6,8-9,11-13,34H,7,10,15H2,1-4H3,(H,33,35,36). The molecule has 12 heteroatoms. The molecule has 5 rings (SSSR count). The van der Waals surface area contributed by atoms with Crippen molar-refractivity contribution in [3.8, 4) is 11.8 Å². The lowest BCUT2D eigenvalue weighted by Crippen LogP contribution is -2.42. The number of aromatic nitrogens is 5. The van der Waals surface area contributed by atoms with Gasteiger partial charge < -0.3 is 10.6 Å². The second kappa shape index (κ2) is 9.20. The molecule has 1 aliphatic heterocycles. The minimum Gasteiger partial charge on any atom is -0.324 e. The molecular formula is C27H27F3N8O. The first kappa shape index (κ1) is 26.4. The Balaban J connectivity index is 1.63. The van der Waals surface area contributed by atoms with Crippen molar-refractivity contribution in [2.45, 2.75) is 57.8 Å². The average molecular weight is 537 g/mol. The lowest BCUT2D eigenvalue weighted by Gasteiger charge is -2.34. The number of nitriles is 1. The lowest BCUT2D eigenvalue weighted by molar-refractivity contribution is -0.144. The van der Waals surface area contributed by atoms with Crippen molar-refractivity contribution in [3.05, 3.63) is 69.9 Å². The van der Waals surface area contributed by atoms with Gasteiger partial charge in [0.2, 0.25) is 5.95 Å². The topological polar surface area (TPSA) is 113 Å². The Morgan fingerprint density at radius 2 is 1.95 bits per heavy atom. The van der Waals surface area contributed by atoms with Gasteiger partial charge >= 0.3 is 6.18 Å². The second-order valence-corrected chi connectivity index (χ2v) is 10.7. The smallest absolute Gasteiger partial charge is 0.324 e. The summed E-state index contributed by atoms with van der Waals surface area (Å²) in [6, 6.07) is 11.0. The SMILES string of the molecule is CC(C)(C#N)c1cc(-n2c3nc(Nc4ccc5c(c4)CCNC5(C)C)ncc3c(=O)n2CC(F)(F)F)ccn1. The quantitative estimate of drug-likeness (QED) is 0.387. The van der Waals surface area contributed by atoms with Gasteiger partial charge in [-0.15, -0.1) is 0 Å². The van der Waals surface area contributed by atoms with E-state index in [4.69, 9.17) is 0 Å². The van der Waals surface area contributed by atoms with Crippen LogP contribution in [0.4, 0.5) is 24.8 Å². The van der Waals surface area contributed by atoms with Crippen molar-refractivity contribution < 1.29 is 13.2 Å². The number of hydrogen-bond acceptors (Lipinski definition) is 7. The number of nitrogens with zero attached hydrogens (tertiary/aromatic N) is 6. The molecule has 0 fully saturated rings. The molecule has 0 bridgehead atoms. The maximum absolute atomic E-state index is 13.5. The summed E-state index contributed by atoms with van der Waals surface area (Å²) in [5.74, 6) is 0.125. The van der Waals surface area contributed by atoms with E-state index in [9.17, 15) is 23.2 Å². The molecule has 0 aliphatic carbocycles. The molecule has 0 radical (unpaired) electrons. The number of anilines is 2. The van der Waals surface area contributed by atoms with Crippen LogP contribution in [-0.2, 0) is 23.9 Å². The molecule has 4 aromatic rings. The van der Waals surface area contributed by atoms with Crippen LogP contribution in [0.3, 0.4) is 0 Å². The van der Waals surface area contributed by atoms with Crippen LogP contribution in [0.1, 0.15) is 44.5 Å². The Kier molecular flexibility index (Phi) is 6.22. The van der Waals surface area contributed by atoms with Crippen LogP contribution >= 0.6 is 0 Å². The van der Waals surface area contributed by atoms with E-state index in [0.29, 0.717) is 10.4 Å². The highest BCUT2D eigenvalue weighted by Crippen LogP contribution is 2.31. The third-order valence-corrected chi connectivity index (χ3v) is 6.91. The van der Waals surface area contributed by atoms with Crippen molar-refractivity contribution in [2.24, 2.45) is 0 Å². The van der Waals surface area contributed by atoms with E-state index in [1.54, 1.807) is 13.8 Å². The van der Waals surface area contributed by atoms with E-state index in [1.165, 1.54) is 35.7 Å². The van der Waals surface area contributed by atoms with E-state index in [2.05, 4.69) is 45.5 Å². The summed E-state index contributed by atoms with van der Waals surface area (Å²) >= 11 is 0. The first-order valence-corrected chi connectivity index (χ1v) is 12.4. The summed E-state index contributed by atoms with van der Waals surface area (Å²) in [6.45, 7) is 6.83. The number of rotatable bonds is 5. The third-order valence-electron chi connectivity index (χ3n) is 6.91. The van der Waals surface area contributed by atoms with Crippen LogP contribution in [0.15, 0.2) is 47.5 Å². The summed E-state index contributed by atoms with van der Waals surface area (Å²) in [6.07, 6.45) is -1.21. The number of fused-ring (bicyclic) bond motifs is 2. The molecule has 2 N–H and O–H groups in total. The highest BCUT2D eigenvalue weighted by atomic mass is 19.4. The number of alkyl halides is 3. The molecule has 1 aromatic carbocycles. The number of hydrogen-bond donors (Lipinski definition) is 2. The summed E-state index contributed by atoms with van der Waals surface area (Å²) in [5, 5.41) is 16.1. The van der Waals surface area contributed by atoms with E-state index < -0.39 is 23.7 Å². The predicted molar refractivity (Wildman–Crippen MR) is 140 cm³/mol. The van der Waals surface area contributed by atoms with E-state index in [0.717, 1.165) is 23.3 Å². The Morgan fingerprint density at radius 3 is 2.67 bits per heavy atom. The molecule has 202 valence electrons. The Labute approximate surface area is 222 Å². The van der Waals surface area contributed by atoms with Crippen molar-refractivity contribution in [1.29, 1.82) is 5.26 Å². The van der Waals surface area contributed by atoms with Crippen LogP contribution in [0.5, 0.6) is 0 Å². The lowest BCUT2D eigenvalue weighted by atomic mass is 9.85. The van der Waals surface area contributed by atoms with Gasteiger partial charge in [-0.1, -0.05) is 6.07 Å². The summed E-state index contributed by atoms with van der Waals surface area (Å²) in [4.78, 5) is 26.0. The maximum atomic E-state index is 13.5. The number of halogens is 3. The summed E-state index contributed by atoms with van der Waals surface area (Å²) in [5.41, 5.74) is 1.57. The highest BCUT2D eigenvalue weighted by molar-refractivity contribution is 5.77. The zero-order valence-electron chi connectivity index (χ0n) is 21.9. The molecule has 1 aliphatic rings. The zero-order valence-corrected chi connectivity index (χ0v) is 21.9. The first-order valence-electron chi connectivity index (χ1n) is 12.4. The number of pyridine rings is 1.